The number of methoxy groups -OCH3 is 1. The Labute approximate surface area is 130 Å². The molecule has 0 fully saturated rings. The fraction of sp³-hybridized carbons (Fsp3) is 0.412. The molecule has 22 heavy (non-hydrogen) atoms. The Morgan fingerprint density at radius 3 is 2.68 bits per heavy atom. The minimum atomic E-state index is -0.609. The number of hydrogen-bond donors (Lipinski definition) is 1. The van der Waals surface area contributed by atoms with Gasteiger partial charge in [-0.2, -0.15) is 0 Å². The Kier molecular flexibility index (Phi) is 6.15. The van der Waals surface area contributed by atoms with Crippen molar-refractivity contribution in [3.8, 4) is 0 Å². The highest BCUT2D eigenvalue weighted by atomic mass is 16.6. The average Bonchev–Trinajstić information content (AvgIpc) is 2.54. The first-order valence-corrected chi connectivity index (χ1v) is 7.39. The van der Waals surface area contributed by atoms with Crippen LogP contribution < -0.4 is 5.32 Å². The molecule has 0 bridgehead atoms. The lowest BCUT2D eigenvalue weighted by Crippen LogP contribution is -2.34. The minimum absolute atomic E-state index is 0.0570. The fourth-order valence-corrected chi connectivity index (χ4v) is 2.27. The van der Waals surface area contributed by atoms with E-state index < -0.39 is 12.1 Å². The second-order valence-electron chi connectivity index (χ2n) is 5.13. The van der Waals surface area contributed by atoms with E-state index in [4.69, 9.17) is 9.47 Å². The number of rotatable bonds is 2. The number of hydrogen-bond acceptors (Lipinski definition) is 4. The van der Waals surface area contributed by atoms with Crippen LogP contribution in [0.3, 0.4) is 0 Å². The van der Waals surface area contributed by atoms with Crippen molar-refractivity contribution in [1.29, 1.82) is 0 Å². The van der Waals surface area contributed by atoms with E-state index >= 15 is 0 Å². The van der Waals surface area contributed by atoms with Gasteiger partial charge in [0.05, 0.1) is 6.04 Å². The van der Waals surface area contributed by atoms with Gasteiger partial charge in [0, 0.05) is 20.0 Å². The number of amides is 1. The van der Waals surface area contributed by atoms with E-state index in [2.05, 4.69) is 5.32 Å². The summed E-state index contributed by atoms with van der Waals surface area (Å²) in [7, 11) is 1.49. The fourth-order valence-electron chi connectivity index (χ4n) is 2.27. The number of cyclic esters (lactones) is 1. The normalized spacial score (nSPS) is 25.3. The van der Waals surface area contributed by atoms with Crippen molar-refractivity contribution in [2.24, 2.45) is 0 Å². The van der Waals surface area contributed by atoms with Gasteiger partial charge in [0.1, 0.15) is 6.61 Å². The maximum atomic E-state index is 12.0. The van der Waals surface area contributed by atoms with Gasteiger partial charge in [-0.15, -0.1) is 0 Å². The Morgan fingerprint density at radius 2 is 1.95 bits per heavy atom. The quantitative estimate of drug-likeness (QED) is 0.671. The SMILES string of the molecule is CO[C@@H]1C/C=C\CCC(=O)N[C@H](c2ccccc2)COC1=O. The molecule has 0 aliphatic carbocycles. The molecule has 5 nitrogen and oxygen atoms in total. The number of esters is 1. The van der Waals surface area contributed by atoms with Crippen molar-refractivity contribution >= 4 is 11.9 Å². The highest BCUT2D eigenvalue weighted by molar-refractivity contribution is 5.77. The van der Waals surface area contributed by atoms with Crippen LogP contribution in [0.25, 0.3) is 0 Å². The summed E-state index contributed by atoms with van der Waals surface area (Å²) in [4.78, 5) is 24.0. The number of benzene rings is 1. The maximum Gasteiger partial charge on any atom is 0.335 e. The summed E-state index contributed by atoms with van der Waals surface area (Å²) in [5.41, 5.74) is 0.908. The molecule has 1 N–H and O–H groups in total. The molecule has 118 valence electrons. The minimum Gasteiger partial charge on any atom is -0.461 e. The average molecular weight is 303 g/mol. The third-order valence-electron chi connectivity index (χ3n) is 3.53. The van der Waals surface area contributed by atoms with Crippen LogP contribution in [0.5, 0.6) is 0 Å². The number of nitrogens with one attached hydrogen (secondary N) is 1. The lowest BCUT2D eigenvalue weighted by molar-refractivity contribution is -0.156. The predicted molar refractivity (Wildman–Crippen MR) is 82.1 cm³/mol. The number of allylic oxidation sites excluding steroid dienone is 1. The summed E-state index contributed by atoms with van der Waals surface area (Å²) in [5, 5.41) is 2.91. The van der Waals surface area contributed by atoms with Gasteiger partial charge in [0.2, 0.25) is 5.91 Å². The first-order valence-electron chi connectivity index (χ1n) is 7.39. The van der Waals surface area contributed by atoms with Gasteiger partial charge >= 0.3 is 5.97 Å². The molecule has 1 aliphatic heterocycles. The van der Waals surface area contributed by atoms with Crippen molar-refractivity contribution in [2.75, 3.05) is 13.7 Å². The molecule has 0 saturated heterocycles. The van der Waals surface area contributed by atoms with E-state index in [0.29, 0.717) is 19.3 Å². The van der Waals surface area contributed by atoms with Crippen LogP contribution in [0.2, 0.25) is 0 Å². The molecule has 1 aromatic rings. The van der Waals surface area contributed by atoms with Crippen molar-refractivity contribution in [3.63, 3.8) is 0 Å². The first kappa shape index (κ1) is 16.2. The highest BCUT2D eigenvalue weighted by Crippen LogP contribution is 2.15. The first-order chi connectivity index (χ1) is 10.7. The third-order valence-corrected chi connectivity index (χ3v) is 3.53. The highest BCUT2D eigenvalue weighted by Gasteiger charge is 2.22. The third kappa shape index (κ3) is 4.70. The molecule has 2 rings (SSSR count). The van der Waals surface area contributed by atoms with Crippen LogP contribution in [-0.2, 0) is 19.1 Å². The Bertz CT molecular complexity index is 527. The maximum absolute atomic E-state index is 12.0. The van der Waals surface area contributed by atoms with Crippen LogP contribution in [0.4, 0.5) is 0 Å². The second-order valence-corrected chi connectivity index (χ2v) is 5.13. The molecule has 1 aliphatic rings. The standard InChI is InChI=1S/C17H21NO4/c1-21-15-10-6-3-7-11-16(19)18-14(12-22-17(15)20)13-8-4-2-5-9-13/h2-6,8-9,14-15H,7,10-12H2,1H3,(H,18,19)/b6-3-/t14-,15+/m0/s1. The molecule has 1 amide bonds. The summed E-state index contributed by atoms with van der Waals surface area (Å²) in [6.07, 6.45) is 4.62. The van der Waals surface area contributed by atoms with Gasteiger partial charge in [-0.3, -0.25) is 4.79 Å². The van der Waals surface area contributed by atoms with E-state index in [9.17, 15) is 9.59 Å². The largest absolute Gasteiger partial charge is 0.461 e. The Balaban J connectivity index is 2.14. The van der Waals surface area contributed by atoms with Crippen LogP contribution >= 0.6 is 0 Å². The lowest BCUT2D eigenvalue weighted by atomic mass is 10.1. The van der Waals surface area contributed by atoms with E-state index in [1.807, 2.05) is 42.5 Å². The topological polar surface area (TPSA) is 64.6 Å². The number of ether oxygens (including phenoxy) is 2. The van der Waals surface area contributed by atoms with E-state index in [-0.39, 0.29) is 18.6 Å². The van der Waals surface area contributed by atoms with Gasteiger partial charge < -0.3 is 14.8 Å². The summed E-state index contributed by atoms with van der Waals surface area (Å²) in [5.74, 6) is -0.471. The summed E-state index contributed by atoms with van der Waals surface area (Å²) in [6, 6.07) is 9.13. The van der Waals surface area contributed by atoms with Crippen LogP contribution in [-0.4, -0.2) is 31.7 Å². The van der Waals surface area contributed by atoms with Crippen LogP contribution in [0, 0.1) is 0 Å². The molecule has 0 aromatic heterocycles. The second kappa shape index (κ2) is 8.34. The Hall–Kier alpha value is -2.14. The van der Waals surface area contributed by atoms with E-state index in [1.54, 1.807) is 0 Å². The van der Waals surface area contributed by atoms with Crippen molar-refractivity contribution in [1.82, 2.24) is 5.32 Å². The molecular weight excluding hydrogens is 282 g/mol. The number of carbonyl (C=O) groups excluding carboxylic acids is 2. The smallest absolute Gasteiger partial charge is 0.335 e. The predicted octanol–water partition coefficient (Wildman–Crippen LogP) is 2.14. The van der Waals surface area contributed by atoms with Crippen LogP contribution in [0.1, 0.15) is 30.9 Å². The summed E-state index contributed by atoms with van der Waals surface area (Å²) >= 11 is 0. The lowest BCUT2D eigenvalue weighted by Gasteiger charge is -2.21. The van der Waals surface area contributed by atoms with Crippen molar-refractivity contribution < 1.29 is 19.1 Å². The van der Waals surface area contributed by atoms with Gasteiger partial charge in [-0.1, -0.05) is 42.5 Å². The zero-order valence-electron chi connectivity index (χ0n) is 12.7. The van der Waals surface area contributed by atoms with Gasteiger partial charge in [-0.25, -0.2) is 4.79 Å². The zero-order valence-corrected chi connectivity index (χ0v) is 12.7. The van der Waals surface area contributed by atoms with Gasteiger partial charge in [0.15, 0.2) is 6.10 Å². The molecular formula is C17H21NO4. The summed E-state index contributed by atoms with van der Waals surface area (Å²) in [6.45, 7) is 0.0954. The van der Waals surface area contributed by atoms with Crippen LogP contribution in [0.15, 0.2) is 42.5 Å². The van der Waals surface area contributed by atoms with E-state index in [0.717, 1.165) is 5.56 Å². The van der Waals surface area contributed by atoms with E-state index in [1.165, 1.54) is 7.11 Å². The van der Waals surface area contributed by atoms with Gasteiger partial charge in [0.25, 0.3) is 0 Å². The molecule has 2 atom stereocenters. The molecule has 5 heteroatoms. The van der Waals surface area contributed by atoms with Crippen molar-refractivity contribution in [3.05, 3.63) is 48.0 Å². The molecule has 0 radical (unpaired) electrons. The molecule has 0 unspecified atom stereocenters. The zero-order chi connectivity index (χ0) is 15.8. The van der Waals surface area contributed by atoms with Crippen molar-refractivity contribution in [2.45, 2.75) is 31.4 Å². The molecule has 0 saturated carbocycles. The van der Waals surface area contributed by atoms with Gasteiger partial charge in [-0.05, 0) is 12.0 Å². The molecule has 1 heterocycles. The monoisotopic (exact) mass is 303 g/mol. The molecule has 0 spiro atoms. The number of carbonyl (C=O) groups is 2. The summed E-state index contributed by atoms with van der Waals surface area (Å²) < 4.78 is 10.5. The Morgan fingerprint density at radius 1 is 1.18 bits per heavy atom. The molecule has 1 aromatic carbocycles.